The third-order valence-corrected chi connectivity index (χ3v) is 3.59. The number of piperidine rings is 1. The van der Waals surface area contributed by atoms with E-state index in [-0.39, 0.29) is 5.92 Å². The van der Waals surface area contributed by atoms with Crippen LogP contribution in [0.1, 0.15) is 12.8 Å². The number of pyridine rings is 1. The Hall–Kier alpha value is -2.04. The lowest BCUT2D eigenvalue weighted by Gasteiger charge is -2.34. The zero-order valence-electron chi connectivity index (χ0n) is 10.2. The molecule has 0 spiro atoms. The van der Waals surface area contributed by atoms with Crippen LogP contribution in [0.25, 0.3) is 5.65 Å². The quantitative estimate of drug-likeness (QED) is 0.620. The van der Waals surface area contributed by atoms with Gasteiger partial charge in [0.2, 0.25) is 0 Å². The maximum atomic E-state index is 7.61. The molecule has 18 heavy (non-hydrogen) atoms. The number of fused-ring (bicyclic) bond motifs is 1. The van der Waals surface area contributed by atoms with Gasteiger partial charge in [0.1, 0.15) is 11.5 Å². The van der Waals surface area contributed by atoms with Crippen molar-refractivity contribution in [2.24, 2.45) is 11.7 Å². The Labute approximate surface area is 106 Å². The Balaban J connectivity index is 1.94. The first-order chi connectivity index (χ1) is 8.75. The van der Waals surface area contributed by atoms with Crippen LogP contribution in [0, 0.1) is 11.3 Å². The summed E-state index contributed by atoms with van der Waals surface area (Å²) in [5.41, 5.74) is 6.59. The van der Waals surface area contributed by atoms with Crippen molar-refractivity contribution in [1.82, 2.24) is 9.38 Å². The van der Waals surface area contributed by atoms with Gasteiger partial charge in [0, 0.05) is 31.4 Å². The minimum absolute atomic E-state index is 0.178. The lowest BCUT2D eigenvalue weighted by molar-refractivity contribution is 0.499. The summed E-state index contributed by atoms with van der Waals surface area (Å²) in [5.74, 6) is 1.62. The predicted molar refractivity (Wildman–Crippen MR) is 72.0 cm³/mol. The summed E-state index contributed by atoms with van der Waals surface area (Å²) in [7, 11) is 0. The van der Waals surface area contributed by atoms with Crippen LogP contribution < -0.4 is 10.6 Å². The van der Waals surface area contributed by atoms with Crippen molar-refractivity contribution in [3.05, 3.63) is 30.6 Å². The van der Waals surface area contributed by atoms with E-state index >= 15 is 0 Å². The summed E-state index contributed by atoms with van der Waals surface area (Å²) in [6.07, 6.45) is 5.88. The first kappa shape index (κ1) is 11.1. The van der Waals surface area contributed by atoms with E-state index in [9.17, 15) is 0 Å². The zero-order chi connectivity index (χ0) is 12.5. The van der Waals surface area contributed by atoms with E-state index in [1.165, 1.54) is 0 Å². The monoisotopic (exact) mass is 243 g/mol. The molecule has 0 bridgehead atoms. The Morgan fingerprint density at radius 1 is 1.44 bits per heavy atom. The fraction of sp³-hybridized carbons (Fsp3) is 0.385. The molecule has 3 rings (SSSR count). The maximum Gasteiger partial charge on any atom is 0.138 e. The highest BCUT2D eigenvalue weighted by atomic mass is 15.2. The molecule has 5 nitrogen and oxygen atoms in total. The van der Waals surface area contributed by atoms with E-state index in [0.29, 0.717) is 5.84 Å². The number of hydrogen-bond donors (Lipinski definition) is 2. The normalized spacial score (nSPS) is 20.2. The molecule has 1 saturated heterocycles. The summed E-state index contributed by atoms with van der Waals surface area (Å²) in [6, 6.07) is 6.11. The number of aromatic nitrogens is 2. The molecule has 0 radical (unpaired) electrons. The molecule has 94 valence electrons. The number of nitrogens with one attached hydrogen (secondary N) is 1. The van der Waals surface area contributed by atoms with Crippen molar-refractivity contribution in [2.45, 2.75) is 12.8 Å². The molecule has 0 aromatic carbocycles. The van der Waals surface area contributed by atoms with Gasteiger partial charge in [0.05, 0.1) is 5.84 Å². The van der Waals surface area contributed by atoms with Gasteiger partial charge in [0.25, 0.3) is 0 Å². The number of anilines is 1. The van der Waals surface area contributed by atoms with Crippen LogP contribution in [0.15, 0.2) is 30.6 Å². The van der Waals surface area contributed by atoms with Gasteiger partial charge in [-0.15, -0.1) is 0 Å². The summed E-state index contributed by atoms with van der Waals surface area (Å²) in [6.45, 7) is 1.84. The average Bonchev–Trinajstić information content (AvgIpc) is 2.87. The third-order valence-electron chi connectivity index (χ3n) is 3.59. The lowest BCUT2D eigenvalue weighted by Crippen LogP contribution is -2.41. The molecular formula is C13H17N5. The second-order valence-corrected chi connectivity index (χ2v) is 4.78. The predicted octanol–water partition coefficient (Wildman–Crippen LogP) is 1.49. The van der Waals surface area contributed by atoms with Gasteiger partial charge in [-0.05, 0) is 25.0 Å². The van der Waals surface area contributed by atoms with Crippen molar-refractivity contribution in [3.63, 3.8) is 0 Å². The highest BCUT2D eigenvalue weighted by molar-refractivity contribution is 5.80. The molecule has 1 fully saturated rings. The molecule has 1 atom stereocenters. The Morgan fingerprint density at radius 2 is 2.33 bits per heavy atom. The van der Waals surface area contributed by atoms with Gasteiger partial charge in [0.15, 0.2) is 0 Å². The number of hydrogen-bond acceptors (Lipinski definition) is 3. The molecule has 2 aromatic heterocycles. The molecule has 0 aliphatic carbocycles. The average molecular weight is 243 g/mol. The van der Waals surface area contributed by atoms with Crippen molar-refractivity contribution in [1.29, 1.82) is 5.41 Å². The summed E-state index contributed by atoms with van der Waals surface area (Å²) >= 11 is 0. The molecule has 5 heteroatoms. The van der Waals surface area contributed by atoms with Crippen molar-refractivity contribution < 1.29 is 0 Å². The first-order valence-electron chi connectivity index (χ1n) is 6.26. The van der Waals surface area contributed by atoms with Crippen LogP contribution in [0.4, 0.5) is 5.82 Å². The van der Waals surface area contributed by atoms with E-state index in [2.05, 4.69) is 20.4 Å². The summed E-state index contributed by atoms with van der Waals surface area (Å²) in [5, 5.41) is 7.61. The standard InChI is InChI=1S/C13H17N5/c14-13(15)10-3-2-7-17(9-10)12-5-1-4-11-16-6-8-18(11)12/h1,4-6,8,10H,2-3,7,9H2,(H3,14,15). The van der Waals surface area contributed by atoms with Gasteiger partial charge in [-0.25, -0.2) is 4.98 Å². The molecule has 3 N–H and O–H groups in total. The van der Waals surface area contributed by atoms with E-state index in [0.717, 1.165) is 37.4 Å². The second kappa shape index (κ2) is 4.33. The Bertz CT molecular complexity index is 574. The van der Waals surface area contributed by atoms with E-state index in [4.69, 9.17) is 11.1 Å². The van der Waals surface area contributed by atoms with Crippen LogP contribution in [0.2, 0.25) is 0 Å². The SMILES string of the molecule is N=C(N)C1CCCN(c2cccc3nccn23)C1. The lowest BCUT2D eigenvalue weighted by atomic mass is 9.97. The van der Waals surface area contributed by atoms with Gasteiger partial charge in [-0.2, -0.15) is 0 Å². The van der Waals surface area contributed by atoms with Crippen LogP contribution in [-0.4, -0.2) is 28.3 Å². The van der Waals surface area contributed by atoms with Crippen LogP contribution in [0.5, 0.6) is 0 Å². The molecule has 0 saturated carbocycles. The summed E-state index contributed by atoms with van der Waals surface area (Å²) < 4.78 is 2.09. The topological polar surface area (TPSA) is 70.4 Å². The smallest absolute Gasteiger partial charge is 0.138 e. The minimum Gasteiger partial charge on any atom is -0.387 e. The molecule has 2 aromatic rings. The van der Waals surface area contributed by atoms with Crippen LogP contribution in [-0.2, 0) is 0 Å². The van der Waals surface area contributed by atoms with Gasteiger partial charge >= 0.3 is 0 Å². The Kier molecular flexibility index (Phi) is 2.66. The van der Waals surface area contributed by atoms with E-state index in [1.807, 2.05) is 24.5 Å². The third kappa shape index (κ3) is 1.81. The van der Waals surface area contributed by atoms with Crippen LogP contribution >= 0.6 is 0 Å². The summed E-state index contributed by atoms with van der Waals surface area (Å²) in [4.78, 5) is 6.59. The van der Waals surface area contributed by atoms with Gasteiger partial charge < -0.3 is 10.6 Å². The van der Waals surface area contributed by atoms with E-state index < -0.39 is 0 Å². The molecule has 0 amide bonds. The molecule has 1 unspecified atom stereocenters. The van der Waals surface area contributed by atoms with Crippen molar-refractivity contribution in [2.75, 3.05) is 18.0 Å². The molecule has 1 aliphatic rings. The maximum absolute atomic E-state index is 7.61. The number of rotatable bonds is 2. The second-order valence-electron chi connectivity index (χ2n) is 4.78. The minimum atomic E-state index is 0.178. The number of amidine groups is 1. The molecule has 1 aliphatic heterocycles. The fourth-order valence-corrected chi connectivity index (χ4v) is 2.63. The molecule has 3 heterocycles. The molecular weight excluding hydrogens is 226 g/mol. The number of nitrogens with zero attached hydrogens (tertiary/aromatic N) is 3. The van der Waals surface area contributed by atoms with E-state index in [1.54, 1.807) is 0 Å². The zero-order valence-corrected chi connectivity index (χ0v) is 10.2. The van der Waals surface area contributed by atoms with Crippen molar-refractivity contribution in [3.8, 4) is 0 Å². The van der Waals surface area contributed by atoms with Gasteiger partial charge in [-0.3, -0.25) is 9.81 Å². The Morgan fingerprint density at radius 3 is 3.17 bits per heavy atom. The highest BCUT2D eigenvalue weighted by Gasteiger charge is 2.23. The fourth-order valence-electron chi connectivity index (χ4n) is 2.63. The number of imidazole rings is 1. The number of nitrogens with two attached hydrogens (primary N) is 1. The van der Waals surface area contributed by atoms with Crippen molar-refractivity contribution >= 4 is 17.3 Å². The van der Waals surface area contributed by atoms with Crippen LogP contribution in [0.3, 0.4) is 0 Å². The van der Waals surface area contributed by atoms with Gasteiger partial charge in [-0.1, -0.05) is 6.07 Å². The first-order valence-corrected chi connectivity index (χ1v) is 6.26. The largest absolute Gasteiger partial charge is 0.387 e. The highest BCUT2D eigenvalue weighted by Crippen LogP contribution is 2.23.